The number of benzene rings is 2. The highest BCUT2D eigenvalue weighted by Crippen LogP contribution is 2.51. The van der Waals surface area contributed by atoms with Crippen LogP contribution >= 0.6 is 0 Å². The zero-order chi connectivity index (χ0) is 25.6. The summed E-state index contributed by atoms with van der Waals surface area (Å²) in [6.45, 7) is 4.54. The van der Waals surface area contributed by atoms with Gasteiger partial charge >= 0.3 is 12.1 Å². The second-order valence-corrected chi connectivity index (χ2v) is 10.3. The zero-order valence-electron chi connectivity index (χ0n) is 19.1. The van der Waals surface area contributed by atoms with Crippen LogP contribution < -0.4 is 5.32 Å². The number of hydrogen-bond donors (Lipinski definition) is 1. The van der Waals surface area contributed by atoms with Gasteiger partial charge in [0.25, 0.3) is 0 Å². The average Bonchev–Trinajstić information content (AvgIpc) is 3.15. The van der Waals surface area contributed by atoms with Gasteiger partial charge in [-0.3, -0.25) is 0 Å². The van der Waals surface area contributed by atoms with Crippen LogP contribution in [0.25, 0.3) is 0 Å². The fourth-order valence-electron chi connectivity index (χ4n) is 4.68. The largest absolute Gasteiger partial charge is 0.463 e. The Labute approximate surface area is 200 Å². The molecule has 186 valence electrons. The van der Waals surface area contributed by atoms with Gasteiger partial charge in [0.15, 0.2) is 5.04 Å². The number of esters is 1. The van der Waals surface area contributed by atoms with E-state index in [1.54, 1.807) is 13.0 Å². The molecule has 0 aliphatic carbocycles. The zero-order valence-corrected chi connectivity index (χ0v) is 19.9. The van der Waals surface area contributed by atoms with Crippen LogP contribution in [0.3, 0.4) is 0 Å². The molecule has 0 spiro atoms. The maximum atomic E-state index is 14.1. The molecular formula is C24H23F3N2O5S. The van der Waals surface area contributed by atoms with Crippen LogP contribution in [-0.4, -0.2) is 31.8 Å². The number of fused-ring (bicyclic) bond motifs is 1. The minimum absolute atomic E-state index is 0.0229. The second-order valence-electron chi connectivity index (χ2n) is 8.37. The Hall–Kier alpha value is -3.34. The molecule has 2 aromatic rings. The molecule has 2 aliphatic heterocycles. The van der Waals surface area contributed by atoms with E-state index >= 15 is 0 Å². The van der Waals surface area contributed by atoms with Gasteiger partial charge in [0.2, 0.25) is 15.6 Å². The lowest BCUT2D eigenvalue weighted by Gasteiger charge is -2.42. The van der Waals surface area contributed by atoms with Crippen LogP contribution in [-0.2, 0) is 30.4 Å². The van der Waals surface area contributed by atoms with E-state index in [1.807, 2.05) is 0 Å². The fourth-order valence-corrected chi connectivity index (χ4v) is 6.26. The average molecular weight is 509 g/mol. The van der Waals surface area contributed by atoms with Gasteiger partial charge in [0.05, 0.1) is 28.6 Å². The molecule has 3 atom stereocenters. The molecule has 2 aliphatic rings. The molecular weight excluding hydrogens is 485 g/mol. The Morgan fingerprint density at radius 1 is 1.14 bits per heavy atom. The number of hydrogen-bond acceptors (Lipinski definition) is 7. The lowest BCUT2D eigenvalue weighted by molar-refractivity contribution is -0.142. The summed E-state index contributed by atoms with van der Waals surface area (Å²) < 4.78 is 74.6. The van der Waals surface area contributed by atoms with Crippen molar-refractivity contribution >= 4 is 20.9 Å². The van der Waals surface area contributed by atoms with Crippen molar-refractivity contribution in [3.8, 4) is 0 Å². The third kappa shape index (κ3) is 4.18. The van der Waals surface area contributed by atoms with Gasteiger partial charge in [-0.25, -0.2) is 13.2 Å². The van der Waals surface area contributed by atoms with E-state index in [0.29, 0.717) is 0 Å². The Kier molecular flexibility index (Phi) is 6.16. The summed E-state index contributed by atoms with van der Waals surface area (Å²) in [5, 5.41) is 6.32. The van der Waals surface area contributed by atoms with E-state index in [2.05, 4.69) is 10.5 Å². The van der Waals surface area contributed by atoms with Crippen LogP contribution in [0.15, 0.2) is 75.9 Å². The minimum atomic E-state index is -4.76. The first-order valence-electron chi connectivity index (χ1n) is 10.8. The van der Waals surface area contributed by atoms with Gasteiger partial charge < -0.3 is 14.9 Å². The van der Waals surface area contributed by atoms with Gasteiger partial charge in [-0.05, 0) is 44.5 Å². The van der Waals surface area contributed by atoms with Crippen LogP contribution in [0.2, 0.25) is 0 Å². The van der Waals surface area contributed by atoms with Crippen molar-refractivity contribution in [1.82, 2.24) is 5.32 Å². The number of rotatable bonds is 4. The number of carbonyl (C=O) groups is 1. The number of oxime groups is 1. The standard InChI is InChI=1S/C24H23F3N2O5S/c1-4-33-22(30)18-14(2)28-23(3)20(19(18)16-12-8-9-13-17(16)24(25,26)27)21(29-34-23)35(31,32)15-10-6-5-7-11-15/h5-13,19-20,28H,4H2,1-3H3/t19-,20+,23+/m0/s1. The molecule has 0 fully saturated rings. The Morgan fingerprint density at radius 3 is 2.40 bits per heavy atom. The van der Waals surface area contributed by atoms with E-state index in [1.165, 1.54) is 56.3 Å². The molecule has 2 heterocycles. The number of nitrogens with zero attached hydrogens (tertiary/aromatic N) is 1. The Morgan fingerprint density at radius 2 is 1.77 bits per heavy atom. The fraction of sp³-hybridized carbons (Fsp3) is 0.333. The molecule has 0 amide bonds. The normalized spacial score (nSPS) is 24.2. The van der Waals surface area contributed by atoms with E-state index < -0.39 is 50.2 Å². The van der Waals surface area contributed by atoms with Gasteiger partial charge in [-0.2, -0.15) is 13.2 Å². The topological polar surface area (TPSA) is 94.1 Å². The first-order chi connectivity index (χ1) is 16.4. The van der Waals surface area contributed by atoms with Crippen LogP contribution in [0, 0.1) is 5.92 Å². The summed E-state index contributed by atoms with van der Waals surface area (Å²) in [6.07, 6.45) is -4.76. The highest BCUT2D eigenvalue weighted by Gasteiger charge is 2.59. The van der Waals surface area contributed by atoms with E-state index in [4.69, 9.17) is 9.57 Å². The number of nitrogens with one attached hydrogen (secondary N) is 1. The van der Waals surface area contributed by atoms with E-state index in [-0.39, 0.29) is 28.3 Å². The number of allylic oxidation sites excluding steroid dienone is 1. The van der Waals surface area contributed by atoms with Crippen molar-refractivity contribution in [2.45, 2.75) is 43.5 Å². The SMILES string of the molecule is CCOC(=O)C1=C(C)N[C@]2(C)ON=C(S(=O)(=O)c3ccccc3)[C@H]2[C@H]1c1ccccc1C(F)(F)F. The highest BCUT2D eigenvalue weighted by molar-refractivity contribution is 8.06. The van der Waals surface area contributed by atoms with Gasteiger partial charge in [-0.1, -0.05) is 41.6 Å². The minimum Gasteiger partial charge on any atom is -0.463 e. The molecule has 0 saturated heterocycles. The molecule has 1 N–H and O–H groups in total. The molecule has 0 saturated carbocycles. The maximum Gasteiger partial charge on any atom is 0.416 e. The molecule has 7 nitrogen and oxygen atoms in total. The van der Waals surface area contributed by atoms with E-state index in [0.717, 1.165) is 6.07 Å². The molecule has 0 unspecified atom stereocenters. The van der Waals surface area contributed by atoms with Crippen molar-refractivity contribution < 1.29 is 36.0 Å². The molecule has 11 heteroatoms. The lowest BCUT2D eigenvalue weighted by Crippen LogP contribution is -2.56. The summed E-state index contributed by atoms with van der Waals surface area (Å²) in [6, 6.07) is 12.1. The third-order valence-corrected chi connectivity index (χ3v) is 7.87. The Bertz CT molecular complexity index is 1320. The molecule has 4 rings (SSSR count). The van der Waals surface area contributed by atoms with E-state index in [9.17, 15) is 26.4 Å². The van der Waals surface area contributed by atoms with Crippen molar-refractivity contribution in [2.24, 2.45) is 11.1 Å². The number of sulfone groups is 1. The molecule has 0 aromatic heterocycles. The summed E-state index contributed by atoms with van der Waals surface area (Å²) in [4.78, 5) is 18.5. The number of ether oxygens (including phenoxy) is 1. The number of carbonyl (C=O) groups excluding carboxylic acids is 1. The van der Waals surface area contributed by atoms with Crippen LogP contribution in [0.5, 0.6) is 0 Å². The predicted octanol–water partition coefficient (Wildman–Crippen LogP) is 4.38. The van der Waals surface area contributed by atoms with Crippen molar-refractivity contribution in [3.05, 3.63) is 77.0 Å². The van der Waals surface area contributed by atoms with Gasteiger partial charge in [-0.15, -0.1) is 0 Å². The number of alkyl halides is 3. The third-order valence-electron chi connectivity index (χ3n) is 6.09. The summed E-state index contributed by atoms with van der Waals surface area (Å²) in [7, 11) is -4.29. The predicted molar refractivity (Wildman–Crippen MR) is 121 cm³/mol. The maximum absolute atomic E-state index is 14.1. The first kappa shape index (κ1) is 24.8. The summed E-state index contributed by atoms with van der Waals surface area (Å²) >= 11 is 0. The number of halogens is 3. The first-order valence-corrected chi connectivity index (χ1v) is 12.3. The quantitative estimate of drug-likeness (QED) is 0.616. The molecule has 0 radical (unpaired) electrons. The van der Waals surface area contributed by atoms with Crippen molar-refractivity contribution in [3.63, 3.8) is 0 Å². The lowest BCUT2D eigenvalue weighted by atomic mass is 9.71. The van der Waals surface area contributed by atoms with Gasteiger partial charge in [0, 0.05) is 11.6 Å². The smallest absolute Gasteiger partial charge is 0.416 e. The monoisotopic (exact) mass is 508 g/mol. The van der Waals surface area contributed by atoms with Crippen LogP contribution in [0.1, 0.15) is 37.8 Å². The highest BCUT2D eigenvalue weighted by atomic mass is 32.2. The molecule has 35 heavy (non-hydrogen) atoms. The Balaban J connectivity index is 1.99. The summed E-state index contributed by atoms with van der Waals surface area (Å²) in [5.74, 6) is -3.54. The van der Waals surface area contributed by atoms with Crippen LogP contribution in [0.4, 0.5) is 13.2 Å². The van der Waals surface area contributed by atoms with Crippen molar-refractivity contribution in [2.75, 3.05) is 6.61 Å². The van der Waals surface area contributed by atoms with Gasteiger partial charge in [0.1, 0.15) is 0 Å². The molecule has 2 aromatic carbocycles. The molecule has 0 bridgehead atoms. The van der Waals surface area contributed by atoms with Crippen molar-refractivity contribution in [1.29, 1.82) is 0 Å². The summed E-state index contributed by atoms with van der Waals surface area (Å²) in [5.41, 5.74) is -2.72. The second kappa shape index (κ2) is 8.71.